The van der Waals surface area contributed by atoms with Crippen molar-refractivity contribution in [3.63, 3.8) is 0 Å². The lowest BCUT2D eigenvalue weighted by atomic mass is 10.5. The lowest BCUT2D eigenvalue weighted by Crippen LogP contribution is -2.31. The van der Waals surface area contributed by atoms with E-state index in [9.17, 15) is 13.2 Å². The van der Waals surface area contributed by atoms with Crippen LogP contribution >= 0.6 is 11.3 Å². The zero-order valence-corrected chi connectivity index (χ0v) is 11.1. The quantitative estimate of drug-likeness (QED) is 0.781. The number of likely N-dealkylation sites (N-methyl/N-ethyl adjacent to an activating group) is 1. The summed E-state index contributed by atoms with van der Waals surface area (Å²) in [7, 11) is -0.0934. The van der Waals surface area contributed by atoms with Gasteiger partial charge in [0.15, 0.2) is 0 Å². The number of hydrogen-bond donors (Lipinski definition) is 2. The molecule has 1 aromatic rings. The highest BCUT2D eigenvalue weighted by atomic mass is 32.2. The van der Waals surface area contributed by atoms with Gasteiger partial charge in [0.05, 0.1) is 0 Å². The number of hydrogen-bond acceptors (Lipinski definition) is 5. The van der Waals surface area contributed by atoms with Crippen LogP contribution in [0.25, 0.3) is 0 Å². The molecular formula is C9H14N2O4S2. The van der Waals surface area contributed by atoms with Crippen molar-refractivity contribution in [3.05, 3.63) is 16.3 Å². The smallest absolute Gasteiger partial charge is 0.347 e. The second-order valence-corrected chi connectivity index (χ2v) is 6.27. The molecule has 0 bridgehead atoms. The van der Waals surface area contributed by atoms with E-state index in [0.717, 1.165) is 11.3 Å². The first-order chi connectivity index (χ1) is 7.84. The summed E-state index contributed by atoms with van der Waals surface area (Å²) in [5, 5.41) is 10.3. The van der Waals surface area contributed by atoms with Gasteiger partial charge in [0.2, 0.25) is 10.0 Å². The molecule has 0 radical (unpaired) electrons. The highest BCUT2D eigenvalue weighted by Crippen LogP contribution is 2.21. The highest BCUT2D eigenvalue weighted by molar-refractivity contribution is 7.89. The predicted octanol–water partition coefficient (Wildman–Crippen LogP) is 0.286. The van der Waals surface area contributed by atoms with Crippen molar-refractivity contribution < 1.29 is 18.3 Å². The first-order valence-electron chi connectivity index (χ1n) is 4.80. The van der Waals surface area contributed by atoms with Crippen LogP contribution in [0, 0.1) is 0 Å². The van der Waals surface area contributed by atoms with Crippen molar-refractivity contribution in [2.24, 2.45) is 0 Å². The van der Waals surface area contributed by atoms with Crippen LogP contribution in [0.1, 0.15) is 9.67 Å². The molecule has 0 unspecified atom stereocenters. The van der Waals surface area contributed by atoms with Crippen LogP contribution in [0.5, 0.6) is 0 Å². The maximum absolute atomic E-state index is 11.8. The van der Waals surface area contributed by atoms with Crippen LogP contribution in [-0.4, -0.2) is 51.6 Å². The fourth-order valence-corrected chi connectivity index (χ4v) is 3.43. The summed E-state index contributed by atoms with van der Waals surface area (Å²) in [6, 6.07) is 1.30. The third kappa shape index (κ3) is 3.77. The minimum Gasteiger partial charge on any atom is -0.477 e. The SMILES string of the molecule is CN(C)CCNS(=O)(=O)c1ccsc1C(=O)O. The molecule has 0 aliphatic carbocycles. The molecule has 1 aromatic heterocycles. The number of carbonyl (C=O) groups is 1. The summed E-state index contributed by atoms with van der Waals surface area (Å²) >= 11 is 0.895. The van der Waals surface area contributed by atoms with Crippen molar-refractivity contribution in [1.29, 1.82) is 0 Å². The standard InChI is InChI=1S/C9H14N2O4S2/c1-11(2)5-4-10-17(14,15)7-3-6-16-8(7)9(12)13/h3,6,10H,4-5H2,1-2H3,(H,12,13). The van der Waals surface area contributed by atoms with Gasteiger partial charge in [-0.25, -0.2) is 17.9 Å². The van der Waals surface area contributed by atoms with Gasteiger partial charge >= 0.3 is 5.97 Å². The van der Waals surface area contributed by atoms with Crippen molar-refractivity contribution in [3.8, 4) is 0 Å². The fraction of sp³-hybridized carbons (Fsp3) is 0.444. The Kier molecular flexibility index (Phi) is 4.63. The molecule has 0 saturated heterocycles. The second kappa shape index (κ2) is 5.58. The molecule has 0 atom stereocenters. The van der Waals surface area contributed by atoms with E-state index in [2.05, 4.69) is 4.72 Å². The number of carboxylic acids is 1. The van der Waals surface area contributed by atoms with Gasteiger partial charge in [-0.2, -0.15) is 0 Å². The van der Waals surface area contributed by atoms with Crippen molar-refractivity contribution in [1.82, 2.24) is 9.62 Å². The first kappa shape index (κ1) is 14.1. The number of carboxylic acid groups (broad SMARTS) is 1. The Morgan fingerprint density at radius 3 is 2.71 bits per heavy atom. The topological polar surface area (TPSA) is 86.7 Å². The van der Waals surface area contributed by atoms with Gasteiger partial charge in [-0.1, -0.05) is 0 Å². The summed E-state index contributed by atoms with van der Waals surface area (Å²) in [5.41, 5.74) is 0. The van der Waals surface area contributed by atoms with Crippen LogP contribution in [-0.2, 0) is 10.0 Å². The zero-order chi connectivity index (χ0) is 13.1. The van der Waals surface area contributed by atoms with E-state index in [1.54, 1.807) is 0 Å². The lowest BCUT2D eigenvalue weighted by Gasteiger charge is -2.10. The Morgan fingerprint density at radius 2 is 2.18 bits per heavy atom. The molecule has 0 fully saturated rings. The maximum atomic E-state index is 11.8. The number of aromatic carboxylic acids is 1. The van der Waals surface area contributed by atoms with Crippen LogP contribution < -0.4 is 4.72 Å². The van der Waals surface area contributed by atoms with Gasteiger partial charge in [0.25, 0.3) is 0 Å². The summed E-state index contributed by atoms with van der Waals surface area (Å²) in [6.07, 6.45) is 0. The van der Waals surface area contributed by atoms with Gasteiger partial charge in [-0.15, -0.1) is 11.3 Å². The van der Waals surface area contributed by atoms with Crippen LogP contribution in [0.4, 0.5) is 0 Å². The van der Waals surface area contributed by atoms with E-state index in [1.807, 2.05) is 19.0 Å². The van der Waals surface area contributed by atoms with Gasteiger partial charge < -0.3 is 10.0 Å². The Morgan fingerprint density at radius 1 is 1.53 bits per heavy atom. The highest BCUT2D eigenvalue weighted by Gasteiger charge is 2.23. The molecular weight excluding hydrogens is 264 g/mol. The Hall–Kier alpha value is -0.960. The molecule has 0 amide bonds. The number of nitrogens with one attached hydrogen (secondary N) is 1. The Balaban J connectivity index is 2.83. The summed E-state index contributed by atoms with van der Waals surface area (Å²) in [5.74, 6) is -1.23. The molecule has 1 rings (SSSR count). The van der Waals surface area contributed by atoms with Crippen molar-refractivity contribution in [2.45, 2.75) is 4.90 Å². The molecule has 96 valence electrons. The molecule has 0 spiro atoms. The summed E-state index contributed by atoms with van der Waals surface area (Å²) < 4.78 is 26.0. The van der Waals surface area contributed by atoms with Crippen LogP contribution in [0.15, 0.2) is 16.3 Å². The summed E-state index contributed by atoms with van der Waals surface area (Å²) in [6.45, 7) is 0.788. The van der Waals surface area contributed by atoms with Gasteiger partial charge in [-0.3, -0.25) is 0 Å². The van der Waals surface area contributed by atoms with Gasteiger partial charge in [0.1, 0.15) is 9.77 Å². The molecule has 0 saturated carbocycles. The molecule has 1 heterocycles. The fourth-order valence-electron chi connectivity index (χ4n) is 1.15. The van der Waals surface area contributed by atoms with Gasteiger partial charge in [0, 0.05) is 13.1 Å². The maximum Gasteiger partial charge on any atom is 0.347 e. The van der Waals surface area contributed by atoms with Crippen molar-refractivity contribution in [2.75, 3.05) is 27.2 Å². The van der Waals surface area contributed by atoms with E-state index in [-0.39, 0.29) is 16.3 Å². The van der Waals surface area contributed by atoms with E-state index < -0.39 is 16.0 Å². The van der Waals surface area contributed by atoms with Crippen molar-refractivity contribution >= 4 is 27.3 Å². The average Bonchev–Trinajstić information content (AvgIpc) is 2.65. The minimum absolute atomic E-state index is 0.164. The molecule has 8 heteroatoms. The molecule has 0 aromatic carbocycles. The number of sulfonamides is 1. The van der Waals surface area contributed by atoms with E-state index in [1.165, 1.54) is 11.4 Å². The minimum atomic E-state index is -3.74. The van der Waals surface area contributed by atoms with E-state index >= 15 is 0 Å². The monoisotopic (exact) mass is 278 g/mol. The second-order valence-electron chi connectivity index (χ2n) is 3.62. The Labute approximate surface area is 104 Å². The molecule has 0 aliphatic heterocycles. The number of nitrogens with zero attached hydrogens (tertiary/aromatic N) is 1. The van der Waals surface area contributed by atoms with Crippen LogP contribution in [0.2, 0.25) is 0 Å². The number of rotatable bonds is 6. The first-order valence-corrected chi connectivity index (χ1v) is 7.16. The van der Waals surface area contributed by atoms with E-state index in [0.29, 0.717) is 6.54 Å². The predicted molar refractivity (Wildman–Crippen MR) is 65.0 cm³/mol. The molecule has 6 nitrogen and oxygen atoms in total. The summed E-state index contributed by atoms with van der Waals surface area (Å²) in [4.78, 5) is 12.3. The van der Waals surface area contributed by atoms with Gasteiger partial charge in [-0.05, 0) is 25.5 Å². The zero-order valence-electron chi connectivity index (χ0n) is 9.50. The molecule has 0 aliphatic rings. The van der Waals surface area contributed by atoms with Crippen LogP contribution in [0.3, 0.4) is 0 Å². The average molecular weight is 278 g/mol. The Bertz CT molecular complexity index is 493. The lowest BCUT2D eigenvalue weighted by molar-refractivity contribution is 0.0698. The largest absolute Gasteiger partial charge is 0.477 e. The van der Waals surface area contributed by atoms with E-state index in [4.69, 9.17) is 5.11 Å². The normalized spacial score (nSPS) is 11.9. The molecule has 17 heavy (non-hydrogen) atoms. The molecule has 2 N–H and O–H groups in total. The number of thiophene rings is 1. The third-order valence-corrected chi connectivity index (χ3v) is 4.50. The third-order valence-electron chi connectivity index (χ3n) is 1.96.